The summed E-state index contributed by atoms with van der Waals surface area (Å²) in [6, 6.07) is 5.40. The number of carbonyl (C=O) groups is 1. The first-order chi connectivity index (χ1) is 9.24. The number of halogens is 1. The Kier molecular flexibility index (Phi) is 4.63. The van der Waals surface area contributed by atoms with Crippen LogP contribution in [0.25, 0.3) is 0 Å². The first-order valence-electron chi connectivity index (χ1n) is 6.06. The van der Waals surface area contributed by atoms with Gasteiger partial charge in [-0.3, -0.25) is 4.79 Å². The van der Waals surface area contributed by atoms with Crippen LogP contribution in [0, 0.1) is 0 Å². The van der Waals surface area contributed by atoms with Gasteiger partial charge in [0, 0.05) is 5.56 Å². The number of benzene rings is 1. The number of anilines is 1. The van der Waals surface area contributed by atoms with Crippen molar-refractivity contribution in [3.63, 3.8) is 0 Å². The molecular weight excluding hydrogens is 268 g/mol. The molecule has 0 aromatic heterocycles. The van der Waals surface area contributed by atoms with Crippen LogP contribution in [0.1, 0.15) is 18.9 Å². The lowest BCUT2D eigenvalue weighted by Crippen LogP contribution is -2.25. The predicted octanol–water partition coefficient (Wildman–Crippen LogP) is 2.39. The molecular formula is C13H15ClN2O3. The predicted molar refractivity (Wildman–Crippen MR) is 74.1 cm³/mol. The molecule has 6 heteroatoms. The molecule has 2 rings (SSSR count). The van der Waals surface area contributed by atoms with Crippen LogP contribution in [0.15, 0.2) is 23.4 Å². The molecule has 0 bridgehead atoms. The van der Waals surface area contributed by atoms with E-state index < -0.39 is 0 Å². The fraction of sp³-hybridized carbons (Fsp3) is 0.385. The molecule has 1 aliphatic rings. The number of fused-ring (bicyclic) bond motifs is 1. The molecule has 0 unspecified atom stereocenters. The number of ether oxygens (including phenoxy) is 1. The number of alkyl halides is 1. The molecule has 19 heavy (non-hydrogen) atoms. The molecule has 102 valence electrons. The summed E-state index contributed by atoms with van der Waals surface area (Å²) in [6.07, 6.45) is 0.882. The number of amides is 1. The lowest BCUT2D eigenvalue weighted by atomic mass is 10.1. The second kappa shape index (κ2) is 6.43. The highest BCUT2D eigenvalue weighted by atomic mass is 35.5. The Morgan fingerprint density at radius 2 is 2.42 bits per heavy atom. The zero-order chi connectivity index (χ0) is 13.7. The maximum absolute atomic E-state index is 11.3. The largest absolute Gasteiger partial charge is 0.482 e. The number of rotatable bonds is 5. The van der Waals surface area contributed by atoms with Crippen LogP contribution in [0.5, 0.6) is 5.75 Å². The molecule has 0 fully saturated rings. The van der Waals surface area contributed by atoms with Crippen molar-refractivity contribution < 1.29 is 14.4 Å². The van der Waals surface area contributed by atoms with E-state index in [0.717, 1.165) is 12.0 Å². The summed E-state index contributed by atoms with van der Waals surface area (Å²) >= 11 is 5.86. The smallest absolute Gasteiger partial charge is 0.262 e. The zero-order valence-corrected chi connectivity index (χ0v) is 11.4. The highest BCUT2D eigenvalue weighted by Gasteiger charge is 2.17. The Morgan fingerprint density at radius 3 is 3.16 bits per heavy atom. The van der Waals surface area contributed by atoms with Gasteiger partial charge in [0.2, 0.25) is 0 Å². The van der Waals surface area contributed by atoms with Gasteiger partial charge < -0.3 is 14.9 Å². The van der Waals surface area contributed by atoms with Crippen molar-refractivity contribution in [2.45, 2.75) is 13.3 Å². The lowest BCUT2D eigenvalue weighted by molar-refractivity contribution is -0.118. The summed E-state index contributed by atoms with van der Waals surface area (Å²) in [5, 5.41) is 6.74. The fourth-order valence-corrected chi connectivity index (χ4v) is 1.83. The zero-order valence-electron chi connectivity index (χ0n) is 10.6. The number of hydrogen-bond donors (Lipinski definition) is 1. The maximum Gasteiger partial charge on any atom is 0.262 e. The number of carbonyl (C=O) groups excluding carboxylic acids is 1. The molecule has 0 aliphatic carbocycles. The molecule has 1 amide bonds. The van der Waals surface area contributed by atoms with Crippen molar-refractivity contribution in [2.75, 3.05) is 24.4 Å². The van der Waals surface area contributed by atoms with E-state index in [-0.39, 0.29) is 18.4 Å². The van der Waals surface area contributed by atoms with Crippen molar-refractivity contribution >= 4 is 28.9 Å². The Morgan fingerprint density at radius 1 is 1.58 bits per heavy atom. The van der Waals surface area contributed by atoms with Crippen LogP contribution in [0.2, 0.25) is 0 Å². The van der Waals surface area contributed by atoms with Gasteiger partial charge in [-0.05, 0) is 24.6 Å². The van der Waals surface area contributed by atoms with Gasteiger partial charge in [0.25, 0.3) is 5.91 Å². The highest BCUT2D eigenvalue weighted by Crippen LogP contribution is 2.28. The van der Waals surface area contributed by atoms with Crippen LogP contribution < -0.4 is 10.1 Å². The minimum absolute atomic E-state index is 0.0441. The summed E-state index contributed by atoms with van der Waals surface area (Å²) < 4.78 is 5.29. The van der Waals surface area contributed by atoms with E-state index in [1.54, 1.807) is 12.1 Å². The quantitative estimate of drug-likeness (QED) is 0.390. The van der Waals surface area contributed by atoms with E-state index in [9.17, 15) is 4.79 Å². The molecule has 1 aromatic carbocycles. The third-order valence-electron chi connectivity index (χ3n) is 2.54. The Bertz CT molecular complexity index is 503. The molecule has 0 saturated heterocycles. The van der Waals surface area contributed by atoms with Gasteiger partial charge in [-0.2, -0.15) is 0 Å². The second-order valence-electron chi connectivity index (χ2n) is 4.05. The summed E-state index contributed by atoms with van der Waals surface area (Å²) in [4.78, 5) is 16.4. The third kappa shape index (κ3) is 3.38. The van der Waals surface area contributed by atoms with E-state index in [1.807, 2.05) is 13.0 Å². The minimum Gasteiger partial charge on any atom is -0.482 e. The van der Waals surface area contributed by atoms with Gasteiger partial charge in [-0.15, -0.1) is 11.6 Å². The first-order valence-corrected chi connectivity index (χ1v) is 6.60. The molecule has 1 aliphatic heterocycles. The average Bonchev–Trinajstić information content (AvgIpc) is 2.43. The van der Waals surface area contributed by atoms with Crippen LogP contribution in [0.3, 0.4) is 0 Å². The van der Waals surface area contributed by atoms with Gasteiger partial charge in [0.05, 0.1) is 11.6 Å². The Hall–Kier alpha value is -1.75. The van der Waals surface area contributed by atoms with Gasteiger partial charge >= 0.3 is 0 Å². The van der Waals surface area contributed by atoms with Gasteiger partial charge in [0.1, 0.15) is 18.1 Å². The van der Waals surface area contributed by atoms with Crippen molar-refractivity contribution in [1.82, 2.24) is 0 Å². The normalized spacial score (nSPS) is 14.4. The van der Waals surface area contributed by atoms with Crippen molar-refractivity contribution in [3.05, 3.63) is 23.8 Å². The lowest BCUT2D eigenvalue weighted by Gasteiger charge is -2.18. The minimum atomic E-state index is -0.170. The summed E-state index contributed by atoms with van der Waals surface area (Å²) in [7, 11) is 0. The summed E-state index contributed by atoms with van der Waals surface area (Å²) in [6.45, 7) is 2.59. The third-order valence-corrected chi connectivity index (χ3v) is 2.80. The Balaban J connectivity index is 2.22. The molecule has 0 atom stereocenters. The number of hydrogen-bond acceptors (Lipinski definition) is 4. The molecule has 1 aromatic rings. The number of nitrogens with one attached hydrogen (secondary N) is 1. The molecule has 0 saturated carbocycles. The van der Waals surface area contributed by atoms with Crippen LogP contribution in [-0.4, -0.2) is 30.7 Å². The van der Waals surface area contributed by atoms with Crippen LogP contribution >= 0.6 is 11.6 Å². The molecule has 1 N–H and O–H groups in total. The van der Waals surface area contributed by atoms with Crippen molar-refractivity contribution in [3.8, 4) is 5.75 Å². The number of nitrogens with zero attached hydrogens (tertiary/aromatic N) is 1. The monoisotopic (exact) mass is 282 g/mol. The maximum atomic E-state index is 11.3. The van der Waals surface area contributed by atoms with E-state index in [2.05, 4.69) is 10.5 Å². The first kappa shape index (κ1) is 13.7. The molecule has 1 heterocycles. The van der Waals surface area contributed by atoms with E-state index in [0.29, 0.717) is 23.8 Å². The summed E-state index contributed by atoms with van der Waals surface area (Å²) in [5.41, 5.74) is 2.05. The SMILES string of the molecule is CCCO/N=C(\CCl)c1ccc2c(c1)NC(=O)CO2. The van der Waals surface area contributed by atoms with E-state index in [1.165, 1.54) is 0 Å². The van der Waals surface area contributed by atoms with Crippen LogP contribution in [-0.2, 0) is 9.63 Å². The molecule has 0 radical (unpaired) electrons. The number of oxime groups is 1. The molecule has 5 nitrogen and oxygen atoms in total. The topological polar surface area (TPSA) is 59.9 Å². The average molecular weight is 283 g/mol. The van der Waals surface area contributed by atoms with Crippen LogP contribution in [0.4, 0.5) is 5.69 Å². The van der Waals surface area contributed by atoms with Gasteiger partial charge in [-0.1, -0.05) is 12.1 Å². The van der Waals surface area contributed by atoms with Crippen molar-refractivity contribution in [2.24, 2.45) is 5.16 Å². The van der Waals surface area contributed by atoms with Crippen molar-refractivity contribution in [1.29, 1.82) is 0 Å². The Labute approximate surface area is 116 Å². The fourth-order valence-electron chi connectivity index (χ4n) is 1.63. The molecule has 0 spiro atoms. The standard InChI is InChI=1S/C13H15ClN2O3/c1-2-5-19-16-11(7-14)9-3-4-12-10(6-9)15-13(17)8-18-12/h3-4,6H,2,5,7-8H2,1H3,(H,15,17)/b16-11+. The van der Waals surface area contributed by atoms with Gasteiger partial charge in [-0.25, -0.2) is 0 Å². The highest BCUT2D eigenvalue weighted by molar-refractivity contribution is 6.31. The van der Waals surface area contributed by atoms with Gasteiger partial charge in [0.15, 0.2) is 6.61 Å². The summed E-state index contributed by atoms with van der Waals surface area (Å²) in [5.74, 6) is 0.708. The van der Waals surface area contributed by atoms with E-state index in [4.69, 9.17) is 21.2 Å². The second-order valence-corrected chi connectivity index (χ2v) is 4.32. The van der Waals surface area contributed by atoms with E-state index >= 15 is 0 Å².